The highest BCUT2D eigenvalue weighted by molar-refractivity contribution is 9.10. The zero-order chi connectivity index (χ0) is 24.0. The molecule has 0 fully saturated rings. The second-order valence-electron chi connectivity index (χ2n) is 6.72. The van der Waals surface area contributed by atoms with Crippen molar-refractivity contribution in [2.75, 3.05) is 11.1 Å². The average molecular weight is 542 g/mol. The van der Waals surface area contributed by atoms with Crippen LogP contribution in [-0.2, 0) is 24.1 Å². The monoisotopic (exact) mass is 541 g/mol. The molecule has 3 aromatic rings. The molecule has 0 aliphatic carbocycles. The molecule has 33 heavy (non-hydrogen) atoms. The number of thioether (sulfide) groups is 1. The molecule has 0 radical (unpaired) electrons. The SMILES string of the molecule is CCn1c(CNC(=O)c2ccccc2Br)nnc1SCC(=O)Nc1cccc(C(F)(F)F)c1. The minimum atomic E-state index is -4.49. The summed E-state index contributed by atoms with van der Waals surface area (Å²) in [5.41, 5.74) is -0.295. The molecule has 0 bridgehead atoms. The quantitative estimate of drug-likeness (QED) is 0.402. The van der Waals surface area contributed by atoms with Crippen molar-refractivity contribution in [3.8, 4) is 0 Å². The number of benzene rings is 2. The van der Waals surface area contributed by atoms with Crippen molar-refractivity contribution in [3.05, 3.63) is 70.0 Å². The van der Waals surface area contributed by atoms with Crippen molar-refractivity contribution in [1.29, 1.82) is 0 Å². The maximum Gasteiger partial charge on any atom is 0.416 e. The van der Waals surface area contributed by atoms with Gasteiger partial charge in [0, 0.05) is 16.7 Å². The van der Waals surface area contributed by atoms with Crippen LogP contribution in [0.5, 0.6) is 0 Å². The van der Waals surface area contributed by atoms with Crippen LogP contribution in [0.1, 0.15) is 28.7 Å². The van der Waals surface area contributed by atoms with Crippen LogP contribution in [-0.4, -0.2) is 32.3 Å². The van der Waals surface area contributed by atoms with Crippen LogP contribution >= 0.6 is 27.7 Å². The van der Waals surface area contributed by atoms with Crippen LogP contribution in [0.15, 0.2) is 58.2 Å². The fraction of sp³-hybridized carbons (Fsp3) is 0.238. The number of anilines is 1. The van der Waals surface area contributed by atoms with Gasteiger partial charge in [0.2, 0.25) is 5.91 Å². The summed E-state index contributed by atoms with van der Waals surface area (Å²) in [5.74, 6) is -0.312. The highest BCUT2D eigenvalue weighted by Crippen LogP contribution is 2.30. The van der Waals surface area contributed by atoms with E-state index in [4.69, 9.17) is 0 Å². The Morgan fingerprint density at radius 2 is 1.88 bits per heavy atom. The molecule has 0 unspecified atom stereocenters. The Hall–Kier alpha value is -2.86. The molecule has 0 aliphatic heterocycles. The number of alkyl halides is 3. The van der Waals surface area contributed by atoms with E-state index in [9.17, 15) is 22.8 Å². The Morgan fingerprint density at radius 1 is 1.12 bits per heavy atom. The second-order valence-corrected chi connectivity index (χ2v) is 8.52. The summed E-state index contributed by atoms with van der Waals surface area (Å²) in [6.45, 7) is 2.51. The normalized spacial score (nSPS) is 11.3. The first-order valence-electron chi connectivity index (χ1n) is 9.73. The molecule has 12 heteroatoms. The van der Waals surface area contributed by atoms with Crippen molar-refractivity contribution in [1.82, 2.24) is 20.1 Å². The number of hydrogen-bond acceptors (Lipinski definition) is 5. The third-order valence-electron chi connectivity index (χ3n) is 4.44. The molecule has 3 rings (SSSR count). The average Bonchev–Trinajstić information content (AvgIpc) is 3.17. The van der Waals surface area contributed by atoms with E-state index in [0.29, 0.717) is 27.6 Å². The van der Waals surface area contributed by atoms with E-state index in [2.05, 4.69) is 36.8 Å². The fourth-order valence-electron chi connectivity index (χ4n) is 2.87. The highest BCUT2D eigenvalue weighted by Gasteiger charge is 2.30. The van der Waals surface area contributed by atoms with Gasteiger partial charge in [-0.3, -0.25) is 9.59 Å². The van der Waals surface area contributed by atoms with Gasteiger partial charge in [-0.15, -0.1) is 10.2 Å². The van der Waals surface area contributed by atoms with Gasteiger partial charge in [-0.05, 0) is 53.2 Å². The minimum absolute atomic E-state index is 0.0582. The summed E-state index contributed by atoms with van der Waals surface area (Å²) in [5, 5.41) is 13.9. The third-order valence-corrected chi connectivity index (χ3v) is 6.10. The molecule has 174 valence electrons. The van der Waals surface area contributed by atoms with E-state index in [1.165, 1.54) is 12.1 Å². The maximum absolute atomic E-state index is 12.8. The Labute approximate surface area is 200 Å². The lowest BCUT2D eigenvalue weighted by atomic mass is 10.2. The smallest absolute Gasteiger partial charge is 0.345 e. The van der Waals surface area contributed by atoms with Crippen molar-refractivity contribution in [3.63, 3.8) is 0 Å². The molecule has 2 N–H and O–H groups in total. The number of aromatic nitrogens is 3. The second kappa shape index (κ2) is 10.8. The van der Waals surface area contributed by atoms with Crippen LogP contribution < -0.4 is 10.6 Å². The summed E-state index contributed by atoms with van der Waals surface area (Å²) in [6, 6.07) is 11.4. The van der Waals surface area contributed by atoms with Crippen molar-refractivity contribution < 1.29 is 22.8 Å². The summed E-state index contributed by atoms with van der Waals surface area (Å²) in [6.07, 6.45) is -4.49. The van der Waals surface area contributed by atoms with Crippen LogP contribution in [0.4, 0.5) is 18.9 Å². The van der Waals surface area contributed by atoms with Crippen LogP contribution in [0, 0.1) is 0 Å². The molecular weight excluding hydrogens is 523 g/mol. The standard InChI is InChI=1S/C21H19BrF3N5O2S/c1-2-30-17(11-26-19(32)15-8-3-4-9-16(15)22)28-29-20(30)33-12-18(31)27-14-7-5-6-13(10-14)21(23,24)25/h3-10H,2,11-12H2,1H3,(H,26,32)(H,27,31). The topological polar surface area (TPSA) is 88.9 Å². The van der Waals surface area contributed by atoms with Gasteiger partial charge in [-0.25, -0.2) is 0 Å². The Balaban J connectivity index is 1.58. The Kier molecular flexibility index (Phi) is 8.14. The van der Waals surface area contributed by atoms with E-state index in [0.717, 1.165) is 23.9 Å². The van der Waals surface area contributed by atoms with Crippen molar-refractivity contribution in [2.24, 2.45) is 0 Å². The van der Waals surface area contributed by atoms with Gasteiger partial charge in [0.25, 0.3) is 5.91 Å². The number of amides is 2. The first-order chi connectivity index (χ1) is 15.7. The van der Waals surface area contributed by atoms with E-state index >= 15 is 0 Å². The van der Waals surface area contributed by atoms with Crippen LogP contribution in [0.3, 0.4) is 0 Å². The van der Waals surface area contributed by atoms with Gasteiger partial charge in [-0.1, -0.05) is 30.0 Å². The minimum Gasteiger partial charge on any atom is -0.345 e. The number of carbonyl (C=O) groups excluding carboxylic acids is 2. The molecule has 2 amide bonds. The Bertz CT molecular complexity index is 1150. The summed E-state index contributed by atoms with van der Waals surface area (Å²) >= 11 is 4.43. The summed E-state index contributed by atoms with van der Waals surface area (Å²) in [4.78, 5) is 24.6. The Morgan fingerprint density at radius 3 is 2.58 bits per heavy atom. The molecular formula is C21H19BrF3N5O2S. The largest absolute Gasteiger partial charge is 0.416 e. The van der Waals surface area contributed by atoms with Gasteiger partial charge in [0.05, 0.1) is 23.4 Å². The summed E-state index contributed by atoms with van der Waals surface area (Å²) in [7, 11) is 0. The van der Waals surface area contributed by atoms with Gasteiger partial charge >= 0.3 is 6.18 Å². The zero-order valence-electron chi connectivity index (χ0n) is 17.3. The highest BCUT2D eigenvalue weighted by atomic mass is 79.9. The predicted molar refractivity (Wildman–Crippen MR) is 122 cm³/mol. The third kappa shape index (κ3) is 6.57. The first-order valence-corrected chi connectivity index (χ1v) is 11.5. The molecule has 0 spiro atoms. The van der Waals surface area contributed by atoms with E-state index in [1.54, 1.807) is 28.8 Å². The van der Waals surface area contributed by atoms with E-state index < -0.39 is 17.6 Å². The van der Waals surface area contributed by atoms with Crippen LogP contribution in [0.2, 0.25) is 0 Å². The van der Waals surface area contributed by atoms with Gasteiger partial charge in [0.1, 0.15) is 0 Å². The number of hydrogen-bond donors (Lipinski definition) is 2. The van der Waals surface area contributed by atoms with Gasteiger partial charge < -0.3 is 15.2 Å². The van der Waals surface area contributed by atoms with Crippen molar-refractivity contribution >= 4 is 45.2 Å². The van der Waals surface area contributed by atoms with Crippen molar-refractivity contribution in [2.45, 2.75) is 31.3 Å². The molecule has 0 aliphatic rings. The summed E-state index contributed by atoms with van der Waals surface area (Å²) < 4.78 is 40.9. The zero-order valence-corrected chi connectivity index (χ0v) is 19.7. The molecule has 2 aromatic carbocycles. The molecule has 0 saturated carbocycles. The van der Waals surface area contributed by atoms with Crippen LogP contribution in [0.25, 0.3) is 0 Å². The lowest BCUT2D eigenvalue weighted by Gasteiger charge is -2.10. The number of carbonyl (C=O) groups is 2. The van der Waals surface area contributed by atoms with E-state index in [-0.39, 0.29) is 23.9 Å². The van der Waals surface area contributed by atoms with Gasteiger partial charge in [-0.2, -0.15) is 13.2 Å². The molecule has 0 saturated heterocycles. The van der Waals surface area contributed by atoms with Gasteiger partial charge in [0.15, 0.2) is 11.0 Å². The van der Waals surface area contributed by atoms with E-state index in [1.807, 2.05) is 6.92 Å². The first kappa shape index (κ1) is 24.8. The number of rotatable bonds is 8. The lowest BCUT2D eigenvalue weighted by Crippen LogP contribution is -2.25. The maximum atomic E-state index is 12.8. The molecule has 1 aromatic heterocycles. The lowest BCUT2D eigenvalue weighted by molar-refractivity contribution is -0.137. The fourth-order valence-corrected chi connectivity index (χ4v) is 4.16. The number of halogens is 4. The predicted octanol–water partition coefficient (Wildman–Crippen LogP) is 4.74. The molecule has 0 atom stereocenters. The molecule has 7 nitrogen and oxygen atoms in total. The number of nitrogens with one attached hydrogen (secondary N) is 2. The number of nitrogens with zero attached hydrogens (tertiary/aromatic N) is 3. The molecule has 1 heterocycles.